The Hall–Kier alpha value is -2.51. The van der Waals surface area contributed by atoms with Gasteiger partial charge in [0.2, 0.25) is 5.91 Å². The van der Waals surface area contributed by atoms with Gasteiger partial charge in [-0.1, -0.05) is 23.9 Å². The first kappa shape index (κ1) is 19.8. The number of imidazole rings is 1. The zero-order valence-corrected chi connectivity index (χ0v) is 17.3. The number of rotatable bonds is 8. The maximum atomic E-state index is 12.3. The third kappa shape index (κ3) is 4.74. The molecule has 1 aliphatic rings. The van der Waals surface area contributed by atoms with E-state index in [1.807, 2.05) is 55.5 Å². The Labute approximate surface area is 174 Å². The number of fused-ring (bicyclic) bond motifs is 1. The molecule has 0 radical (unpaired) electrons. The van der Waals surface area contributed by atoms with Crippen LogP contribution in [0.1, 0.15) is 19.8 Å². The first-order valence-electron chi connectivity index (χ1n) is 9.96. The molecule has 0 unspecified atom stereocenters. The summed E-state index contributed by atoms with van der Waals surface area (Å²) in [4.78, 5) is 17.1. The molecule has 0 saturated carbocycles. The molecule has 0 aliphatic carbocycles. The summed E-state index contributed by atoms with van der Waals surface area (Å²) in [7, 11) is 0. The highest BCUT2D eigenvalue weighted by molar-refractivity contribution is 7.99. The molecule has 0 spiro atoms. The van der Waals surface area contributed by atoms with Crippen LogP contribution in [-0.2, 0) is 9.53 Å². The van der Waals surface area contributed by atoms with E-state index in [9.17, 15) is 4.79 Å². The fourth-order valence-electron chi connectivity index (χ4n) is 3.42. The minimum absolute atomic E-state index is 0.00389. The SMILES string of the molecule is CCOc1ccc(-n2c(SCC(=O)NC[C@@H]3CCCO3)nc3ccccc32)cc1. The number of para-hydroxylation sites is 2. The summed E-state index contributed by atoms with van der Waals surface area (Å²) < 4.78 is 13.2. The van der Waals surface area contributed by atoms with Crippen molar-refractivity contribution in [1.82, 2.24) is 14.9 Å². The normalized spacial score (nSPS) is 16.2. The maximum absolute atomic E-state index is 12.3. The van der Waals surface area contributed by atoms with Crippen molar-refractivity contribution in [2.75, 3.05) is 25.5 Å². The van der Waals surface area contributed by atoms with E-state index in [-0.39, 0.29) is 12.0 Å². The van der Waals surface area contributed by atoms with Crippen LogP contribution in [0.4, 0.5) is 0 Å². The number of hydrogen-bond donors (Lipinski definition) is 1. The molecule has 1 N–H and O–H groups in total. The quantitative estimate of drug-likeness (QED) is 0.571. The van der Waals surface area contributed by atoms with Gasteiger partial charge in [0.25, 0.3) is 0 Å². The van der Waals surface area contributed by atoms with Gasteiger partial charge in [-0.25, -0.2) is 4.98 Å². The van der Waals surface area contributed by atoms with Crippen LogP contribution in [0.15, 0.2) is 53.7 Å². The number of nitrogens with one attached hydrogen (secondary N) is 1. The highest BCUT2D eigenvalue weighted by Gasteiger charge is 2.18. The number of aromatic nitrogens is 2. The van der Waals surface area contributed by atoms with E-state index >= 15 is 0 Å². The molecule has 0 bridgehead atoms. The third-order valence-electron chi connectivity index (χ3n) is 4.82. The van der Waals surface area contributed by atoms with Crippen molar-refractivity contribution in [2.24, 2.45) is 0 Å². The third-order valence-corrected chi connectivity index (χ3v) is 5.76. The molecule has 1 fully saturated rings. The summed E-state index contributed by atoms with van der Waals surface area (Å²) in [5.41, 5.74) is 2.91. The number of carbonyl (C=O) groups is 1. The number of benzene rings is 2. The van der Waals surface area contributed by atoms with E-state index < -0.39 is 0 Å². The standard InChI is InChI=1S/C22H25N3O3S/c1-2-27-17-11-9-16(10-12-17)25-20-8-4-3-7-19(20)24-22(25)29-15-21(26)23-14-18-6-5-13-28-18/h3-4,7-12,18H,2,5-6,13-15H2,1H3,(H,23,26)/t18-/m0/s1. The van der Waals surface area contributed by atoms with Crippen molar-refractivity contribution in [1.29, 1.82) is 0 Å². The minimum atomic E-state index is -0.00389. The Kier molecular flexibility index (Phi) is 6.36. The maximum Gasteiger partial charge on any atom is 0.230 e. The molecular formula is C22H25N3O3S. The van der Waals surface area contributed by atoms with E-state index in [0.29, 0.717) is 18.9 Å². The predicted octanol–water partition coefficient (Wildman–Crippen LogP) is 3.81. The van der Waals surface area contributed by atoms with Crippen molar-refractivity contribution in [3.05, 3.63) is 48.5 Å². The summed E-state index contributed by atoms with van der Waals surface area (Å²) in [6, 6.07) is 15.9. The number of nitrogens with zero attached hydrogens (tertiary/aromatic N) is 2. The van der Waals surface area contributed by atoms with Crippen LogP contribution in [0.3, 0.4) is 0 Å². The average Bonchev–Trinajstić information content (AvgIpc) is 3.39. The summed E-state index contributed by atoms with van der Waals surface area (Å²) in [6.07, 6.45) is 2.24. The van der Waals surface area contributed by atoms with E-state index in [1.54, 1.807) is 0 Å². The van der Waals surface area contributed by atoms with Gasteiger partial charge < -0.3 is 14.8 Å². The van der Waals surface area contributed by atoms with E-state index in [1.165, 1.54) is 11.8 Å². The highest BCUT2D eigenvalue weighted by Crippen LogP contribution is 2.28. The average molecular weight is 412 g/mol. The monoisotopic (exact) mass is 411 g/mol. The Morgan fingerprint density at radius 3 is 2.86 bits per heavy atom. The highest BCUT2D eigenvalue weighted by atomic mass is 32.2. The molecule has 2 aromatic carbocycles. The van der Waals surface area contributed by atoms with Gasteiger partial charge in [-0.15, -0.1) is 0 Å². The van der Waals surface area contributed by atoms with Crippen LogP contribution in [0.2, 0.25) is 0 Å². The van der Waals surface area contributed by atoms with Gasteiger partial charge in [0.15, 0.2) is 5.16 Å². The summed E-state index contributed by atoms with van der Waals surface area (Å²) >= 11 is 1.44. The van der Waals surface area contributed by atoms with Gasteiger partial charge >= 0.3 is 0 Å². The van der Waals surface area contributed by atoms with Crippen LogP contribution < -0.4 is 10.1 Å². The largest absolute Gasteiger partial charge is 0.494 e. The van der Waals surface area contributed by atoms with Crippen molar-refractivity contribution in [3.8, 4) is 11.4 Å². The lowest BCUT2D eigenvalue weighted by atomic mass is 10.2. The molecule has 1 atom stereocenters. The molecule has 29 heavy (non-hydrogen) atoms. The van der Waals surface area contributed by atoms with Gasteiger partial charge in [-0.2, -0.15) is 0 Å². The van der Waals surface area contributed by atoms with Gasteiger partial charge in [-0.3, -0.25) is 9.36 Å². The molecule has 1 amide bonds. The van der Waals surface area contributed by atoms with Crippen LogP contribution in [0.5, 0.6) is 5.75 Å². The van der Waals surface area contributed by atoms with Crippen LogP contribution >= 0.6 is 11.8 Å². The molecule has 1 aromatic heterocycles. The Morgan fingerprint density at radius 2 is 2.10 bits per heavy atom. The summed E-state index contributed by atoms with van der Waals surface area (Å²) in [5.74, 6) is 1.15. The number of amides is 1. The second-order valence-corrected chi connectivity index (χ2v) is 7.82. The van der Waals surface area contributed by atoms with E-state index in [2.05, 4.69) is 9.88 Å². The van der Waals surface area contributed by atoms with Gasteiger partial charge in [0.1, 0.15) is 5.75 Å². The van der Waals surface area contributed by atoms with Gasteiger partial charge in [0, 0.05) is 18.8 Å². The second kappa shape index (κ2) is 9.33. The van der Waals surface area contributed by atoms with Crippen molar-refractivity contribution in [2.45, 2.75) is 31.0 Å². The van der Waals surface area contributed by atoms with Crippen LogP contribution in [0, 0.1) is 0 Å². The lowest BCUT2D eigenvalue weighted by molar-refractivity contribution is -0.119. The molecule has 152 valence electrons. The fourth-order valence-corrected chi connectivity index (χ4v) is 4.28. The molecular weight excluding hydrogens is 386 g/mol. The number of hydrogen-bond acceptors (Lipinski definition) is 5. The lowest BCUT2D eigenvalue weighted by Crippen LogP contribution is -2.32. The summed E-state index contributed by atoms with van der Waals surface area (Å²) in [6.45, 7) is 3.97. The van der Waals surface area contributed by atoms with Gasteiger partial charge in [-0.05, 0) is 56.2 Å². The lowest BCUT2D eigenvalue weighted by Gasteiger charge is -2.12. The molecule has 1 saturated heterocycles. The zero-order chi connectivity index (χ0) is 20.1. The summed E-state index contributed by atoms with van der Waals surface area (Å²) in [5, 5.41) is 3.77. The molecule has 1 aliphatic heterocycles. The first-order valence-corrected chi connectivity index (χ1v) is 10.9. The van der Waals surface area contributed by atoms with Crippen LogP contribution in [0.25, 0.3) is 16.7 Å². The molecule has 3 aromatic rings. The van der Waals surface area contributed by atoms with Crippen molar-refractivity contribution < 1.29 is 14.3 Å². The molecule has 4 rings (SSSR count). The van der Waals surface area contributed by atoms with Crippen molar-refractivity contribution >= 4 is 28.7 Å². The zero-order valence-electron chi connectivity index (χ0n) is 16.5. The fraction of sp³-hybridized carbons (Fsp3) is 0.364. The molecule has 7 heteroatoms. The van der Waals surface area contributed by atoms with Crippen molar-refractivity contribution in [3.63, 3.8) is 0 Å². The second-order valence-electron chi connectivity index (χ2n) is 6.87. The molecule has 2 heterocycles. The Balaban J connectivity index is 1.51. The Morgan fingerprint density at radius 1 is 1.28 bits per heavy atom. The van der Waals surface area contributed by atoms with Crippen LogP contribution in [-0.4, -0.2) is 47.1 Å². The Bertz CT molecular complexity index is 965. The number of thioether (sulfide) groups is 1. The predicted molar refractivity (Wildman–Crippen MR) is 115 cm³/mol. The van der Waals surface area contributed by atoms with E-state index in [0.717, 1.165) is 47.1 Å². The van der Waals surface area contributed by atoms with E-state index in [4.69, 9.17) is 14.5 Å². The first-order chi connectivity index (χ1) is 14.2. The van der Waals surface area contributed by atoms with Gasteiger partial charge in [0.05, 0.1) is 29.5 Å². The minimum Gasteiger partial charge on any atom is -0.494 e. The number of ether oxygens (including phenoxy) is 2. The number of carbonyl (C=O) groups excluding carboxylic acids is 1. The smallest absolute Gasteiger partial charge is 0.230 e. The molecule has 6 nitrogen and oxygen atoms in total. The topological polar surface area (TPSA) is 65.4 Å².